The molecule has 7 heteroatoms. The first kappa shape index (κ1) is 15.3. The standard InChI is InChI=1S/C14H20N2O5/c1-2-6-21-14(20)15-8-12(17)16-10-5-3-4-9(10)7-11(16)13(18)19/h2,9-11H,1,3-8H2,(H,15,20)(H,18,19)/t9-,10-,11-/m0/s1. The highest BCUT2D eigenvalue weighted by molar-refractivity contribution is 5.87. The summed E-state index contributed by atoms with van der Waals surface area (Å²) in [5, 5.41) is 11.6. The van der Waals surface area contributed by atoms with Crippen LogP contribution in [0, 0.1) is 5.92 Å². The SMILES string of the molecule is C=CCOC(=O)NCC(=O)N1[C@H](C(=O)O)C[C@@H]2CCC[C@@H]21. The number of rotatable bonds is 5. The summed E-state index contributed by atoms with van der Waals surface area (Å²) in [7, 11) is 0. The van der Waals surface area contributed by atoms with Crippen molar-refractivity contribution in [3.63, 3.8) is 0 Å². The number of carbonyl (C=O) groups is 3. The van der Waals surface area contributed by atoms with Gasteiger partial charge in [-0.3, -0.25) is 4.79 Å². The van der Waals surface area contributed by atoms with Gasteiger partial charge in [0.2, 0.25) is 5.91 Å². The summed E-state index contributed by atoms with van der Waals surface area (Å²) in [5.74, 6) is -1.08. The second-order valence-corrected chi connectivity index (χ2v) is 5.39. The molecule has 2 amide bonds. The van der Waals surface area contributed by atoms with E-state index in [1.807, 2.05) is 0 Å². The molecular weight excluding hydrogens is 276 g/mol. The Kier molecular flexibility index (Phi) is 4.82. The Balaban J connectivity index is 1.94. The van der Waals surface area contributed by atoms with Crippen molar-refractivity contribution < 1.29 is 24.2 Å². The molecule has 116 valence electrons. The third-order valence-electron chi connectivity index (χ3n) is 4.13. The fourth-order valence-electron chi connectivity index (χ4n) is 3.29. The number of carboxylic acid groups (broad SMARTS) is 1. The molecule has 0 aromatic carbocycles. The summed E-state index contributed by atoms with van der Waals surface area (Å²) in [6, 6.07) is -0.789. The molecule has 1 saturated carbocycles. The molecule has 1 aliphatic heterocycles. The molecule has 0 unspecified atom stereocenters. The Morgan fingerprint density at radius 3 is 2.81 bits per heavy atom. The Morgan fingerprint density at radius 1 is 1.38 bits per heavy atom. The zero-order valence-corrected chi connectivity index (χ0v) is 11.8. The molecule has 2 rings (SSSR count). The van der Waals surface area contributed by atoms with E-state index < -0.39 is 18.1 Å². The number of nitrogens with zero attached hydrogens (tertiary/aromatic N) is 1. The summed E-state index contributed by atoms with van der Waals surface area (Å²) >= 11 is 0. The summed E-state index contributed by atoms with van der Waals surface area (Å²) in [6.07, 6.45) is 4.03. The maximum absolute atomic E-state index is 12.3. The molecule has 0 bridgehead atoms. The highest BCUT2D eigenvalue weighted by Gasteiger charge is 2.48. The second-order valence-electron chi connectivity index (χ2n) is 5.39. The van der Waals surface area contributed by atoms with Gasteiger partial charge in [-0.1, -0.05) is 19.1 Å². The molecule has 1 saturated heterocycles. The lowest BCUT2D eigenvalue weighted by molar-refractivity contribution is -0.149. The number of carboxylic acids is 1. The molecule has 0 aromatic heterocycles. The van der Waals surface area contributed by atoms with Gasteiger partial charge in [0.1, 0.15) is 19.2 Å². The molecular formula is C14H20N2O5. The van der Waals surface area contributed by atoms with Crippen LogP contribution in [0.3, 0.4) is 0 Å². The number of alkyl carbamates (subject to hydrolysis) is 1. The minimum atomic E-state index is -0.980. The van der Waals surface area contributed by atoms with Gasteiger partial charge in [-0.05, 0) is 25.2 Å². The van der Waals surface area contributed by atoms with Crippen LogP contribution in [0.5, 0.6) is 0 Å². The third-order valence-corrected chi connectivity index (χ3v) is 4.13. The van der Waals surface area contributed by atoms with E-state index in [1.54, 1.807) is 0 Å². The number of amides is 2. The molecule has 3 atom stereocenters. The van der Waals surface area contributed by atoms with Crippen molar-refractivity contribution in [1.82, 2.24) is 10.2 Å². The van der Waals surface area contributed by atoms with Crippen molar-refractivity contribution in [2.75, 3.05) is 13.2 Å². The number of likely N-dealkylation sites (tertiary alicyclic amines) is 1. The molecule has 1 aliphatic carbocycles. The van der Waals surface area contributed by atoms with Crippen molar-refractivity contribution in [3.05, 3.63) is 12.7 Å². The van der Waals surface area contributed by atoms with E-state index in [0.717, 1.165) is 19.3 Å². The largest absolute Gasteiger partial charge is 0.480 e. The van der Waals surface area contributed by atoms with Gasteiger partial charge in [0.15, 0.2) is 0 Å². The maximum Gasteiger partial charge on any atom is 0.407 e. The van der Waals surface area contributed by atoms with Crippen LogP contribution in [0.4, 0.5) is 4.79 Å². The van der Waals surface area contributed by atoms with E-state index >= 15 is 0 Å². The summed E-state index contributed by atoms with van der Waals surface area (Å²) in [4.78, 5) is 36.3. The van der Waals surface area contributed by atoms with Crippen molar-refractivity contribution in [2.45, 2.75) is 37.8 Å². The lowest BCUT2D eigenvalue weighted by atomic mass is 10.0. The minimum absolute atomic E-state index is 0.00963. The molecule has 0 aromatic rings. The van der Waals surface area contributed by atoms with Gasteiger partial charge in [0, 0.05) is 6.04 Å². The van der Waals surface area contributed by atoms with Crippen LogP contribution in [0.1, 0.15) is 25.7 Å². The third kappa shape index (κ3) is 3.34. The van der Waals surface area contributed by atoms with E-state index in [1.165, 1.54) is 11.0 Å². The Labute approximate surface area is 122 Å². The van der Waals surface area contributed by atoms with E-state index in [2.05, 4.69) is 11.9 Å². The van der Waals surface area contributed by atoms with Crippen molar-refractivity contribution in [3.8, 4) is 0 Å². The zero-order chi connectivity index (χ0) is 15.4. The zero-order valence-electron chi connectivity index (χ0n) is 11.8. The fourth-order valence-corrected chi connectivity index (χ4v) is 3.29. The van der Waals surface area contributed by atoms with E-state index in [4.69, 9.17) is 4.74 Å². The van der Waals surface area contributed by atoms with Crippen LogP contribution in [0.25, 0.3) is 0 Å². The molecule has 0 radical (unpaired) electrons. The smallest absolute Gasteiger partial charge is 0.407 e. The average Bonchev–Trinajstić information content (AvgIpc) is 3.02. The van der Waals surface area contributed by atoms with Crippen LogP contribution in [0.2, 0.25) is 0 Å². The van der Waals surface area contributed by atoms with Gasteiger partial charge >= 0.3 is 12.1 Å². The summed E-state index contributed by atoms with van der Waals surface area (Å²) < 4.78 is 4.71. The number of hydrogen-bond donors (Lipinski definition) is 2. The van der Waals surface area contributed by atoms with Gasteiger partial charge < -0.3 is 20.1 Å². The van der Waals surface area contributed by atoms with Crippen LogP contribution < -0.4 is 5.32 Å². The summed E-state index contributed by atoms with van der Waals surface area (Å²) in [6.45, 7) is 3.23. The lowest BCUT2D eigenvalue weighted by Crippen LogP contribution is -2.49. The van der Waals surface area contributed by atoms with Crippen LogP contribution in [-0.4, -0.2) is 53.2 Å². The molecule has 0 spiro atoms. The second kappa shape index (κ2) is 6.60. The molecule has 2 fully saturated rings. The highest BCUT2D eigenvalue weighted by Crippen LogP contribution is 2.41. The van der Waals surface area contributed by atoms with Gasteiger partial charge in [0.05, 0.1) is 0 Å². The Bertz CT molecular complexity index is 451. The first-order valence-corrected chi connectivity index (χ1v) is 7.10. The van der Waals surface area contributed by atoms with Crippen molar-refractivity contribution >= 4 is 18.0 Å². The van der Waals surface area contributed by atoms with Gasteiger partial charge in [-0.2, -0.15) is 0 Å². The van der Waals surface area contributed by atoms with E-state index in [0.29, 0.717) is 6.42 Å². The fraction of sp³-hybridized carbons (Fsp3) is 0.643. The highest BCUT2D eigenvalue weighted by atomic mass is 16.5. The normalized spacial score (nSPS) is 27.0. The molecule has 2 aliphatic rings. The van der Waals surface area contributed by atoms with Gasteiger partial charge in [0.25, 0.3) is 0 Å². The molecule has 7 nitrogen and oxygen atoms in total. The number of hydrogen-bond acceptors (Lipinski definition) is 4. The minimum Gasteiger partial charge on any atom is -0.480 e. The predicted molar refractivity (Wildman–Crippen MR) is 73.6 cm³/mol. The average molecular weight is 296 g/mol. The van der Waals surface area contributed by atoms with Gasteiger partial charge in [-0.25, -0.2) is 9.59 Å². The summed E-state index contributed by atoms with van der Waals surface area (Å²) in [5.41, 5.74) is 0. The Hall–Kier alpha value is -2.05. The van der Waals surface area contributed by atoms with E-state index in [9.17, 15) is 19.5 Å². The predicted octanol–water partition coefficient (Wildman–Crippen LogP) is 0.753. The molecule has 21 heavy (non-hydrogen) atoms. The first-order valence-electron chi connectivity index (χ1n) is 7.10. The van der Waals surface area contributed by atoms with Crippen molar-refractivity contribution in [2.24, 2.45) is 5.92 Å². The van der Waals surface area contributed by atoms with E-state index in [-0.39, 0.29) is 31.0 Å². The van der Waals surface area contributed by atoms with Crippen LogP contribution >= 0.6 is 0 Å². The van der Waals surface area contributed by atoms with Crippen molar-refractivity contribution in [1.29, 1.82) is 0 Å². The number of ether oxygens (including phenoxy) is 1. The van der Waals surface area contributed by atoms with Crippen LogP contribution in [0.15, 0.2) is 12.7 Å². The quantitative estimate of drug-likeness (QED) is 0.730. The Morgan fingerprint density at radius 2 is 2.14 bits per heavy atom. The van der Waals surface area contributed by atoms with Gasteiger partial charge in [-0.15, -0.1) is 0 Å². The van der Waals surface area contributed by atoms with Crippen LogP contribution in [-0.2, 0) is 14.3 Å². The molecule has 1 heterocycles. The number of fused-ring (bicyclic) bond motifs is 1. The maximum atomic E-state index is 12.3. The number of nitrogens with one attached hydrogen (secondary N) is 1. The lowest BCUT2D eigenvalue weighted by Gasteiger charge is -2.27. The molecule has 2 N–H and O–H groups in total. The number of carbonyl (C=O) groups excluding carboxylic acids is 2. The first-order chi connectivity index (χ1) is 10.0. The number of aliphatic carboxylic acids is 1. The monoisotopic (exact) mass is 296 g/mol. The topological polar surface area (TPSA) is 95.9 Å².